The highest BCUT2D eigenvalue weighted by atomic mass is 16.5. The molecule has 0 unspecified atom stereocenters. The quantitative estimate of drug-likeness (QED) is 0.886. The highest BCUT2D eigenvalue weighted by Crippen LogP contribution is 2.36. The van der Waals surface area contributed by atoms with Gasteiger partial charge in [-0.1, -0.05) is 0 Å². The van der Waals surface area contributed by atoms with Gasteiger partial charge in [-0.2, -0.15) is 0 Å². The summed E-state index contributed by atoms with van der Waals surface area (Å²) >= 11 is 0. The molecule has 1 aromatic heterocycles. The van der Waals surface area contributed by atoms with E-state index in [4.69, 9.17) is 16.2 Å². The summed E-state index contributed by atoms with van der Waals surface area (Å²) in [6, 6.07) is 2.86. The van der Waals surface area contributed by atoms with Gasteiger partial charge in [-0.3, -0.25) is 0 Å². The number of nitrogen functional groups attached to an aromatic ring is 2. The third-order valence-electron chi connectivity index (χ3n) is 5.78. The molecule has 1 aliphatic heterocycles. The van der Waals surface area contributed by atoms with E-state index in [9.17, 15) is 0 Å². The topological polar surface area (TPSA) is 77.4 Å². The molecule has 5 nitrogen and oxygen atoms in total. The standard InChI is InChI=1S/C19H32N4O/c1-3-24-16-6-4-15(5-7-16)23-10-8-14(9-11-23)17-12-13(2)22-19(21)18(17)20/h12,14-16H,3-11,20H2,1-2H3,(H2,21,22). The Labute approximate surface area is 145 Å². The summed E-state index contributed by atoms with van der Waals surface area (Å²) in [5, 5.41) is 0. The first kappa shape index (κ1) is 17.5. The molecule has 1 aliphatic carbocycles. The first-order valence-corrected chi connectivity index (χ1v) is 9.46. The number of ether oxygens (including phenoxy) is 1. The summed E-state index contributed by atoms with van der Waals surface area (Å²) in [7, 11) is 0. The summed E-state index contributed by atoms with van der Waals surface area (Å²) in [6.45, 7) is 7.25. The Hall–Kier alpha value is -1.33. The van der Waals surface area contributed by atoms with Crippen LogP contribution >= 0.6 is 0 Å². The minimum absolute atomic E-state index is 0.488. The summed E-state index contributed by atoms with van der Waals surface area (Å²) < 4.78 is 5.78. The number of aryl methyl sites for hydroxylation is 1. The number of hydrogen-bond donors (Lipinski definition) is 2. The van der Waals surface area contributed by atoms with Gasteiger partial charge in [0.25, 0.3) is 0 Å². The van der Waals surface area contributed by atoms with Crippen molar-refractivity contribution in [2.45, 2.75) is 70.4 Å². The predicted octanol–water partition coefficient (Wildman–Crippen LogP) is 3.08. The monoisotopic (exact) mass is 332 g/mol. The molecule has 0 radical (unpaired) electrons. The van der Waals surface area contributed by atoms with Crippen LogP contribution in [0.15, 0.2) is 6.07 Å². The third kappa shape index (κ3) is 3.83. The molecule has 24 heavy (non-hydrogen) atoms. The minimum atomic E-state index is 0.488. The number of hydrogen-bond acceptors (Lipinski definition) is 5. The van der Waals surface area contributed by atoms with E-state index in [1.54, 1.807) is 0 Å². The summed E-state index contributed by atoms with van der Waals surface area (Å²) in [5.74, 6) is 1.01. The van der Waals surface area contributed by atoms with Crippen LogP contribution in [0.25, 0.3) is 0 Å². The molecule has 0 aromatic carbocycles. The van der Waals surface area contributed by atoms with Crippen molar-refractivity contribution >= 4 is 11.5 Å². The van der Waals surface area contributed by atoms with E-state index in [1.165, 1.54) is 44.1 Å². The molecule has 1 saturated heterocycles. The second-order valence-electron chi connectivity index (χ2n) is 7.35. The highest BCUT2D eigenvalue weighted by Gasteiger charge is 2.30. The van der Waals surface area contributed by atoms with Gasteiger partial charge >= 0.3 is 0 Å². The lowest BCUT2D eigenvalue weighted by Crippen LogP contribution is -2.43. The van der Waals surface area contributed by atoms with Crippen LogP contribution in [-0.2, 0) is 4.74 Å². The van der Waals surface area contributed by atoms with E-state index in [1.807, 2.05) is 6.92 Å². The highest BCUT2D eigenvalue weighted by molar-refractivity contribution is 5.64. The average molecular weight is 332 g/mol. The molecule has 3 rings (SSSR count). The zero-order valence-corrected chi connectivity index (χ0v) is 15.1. The van der Waals surface area contributed by atoms with Gasteiger partial charge in [0.15, 0.2) is 0 Å². The van der Waals surface area contributed by atoms with Gasteiger partial charge in [-0.25, -0.2) is 4.98 Å². The largest absolute Gasteiger partial charge is 0.396 e. The smallest absolute Gasteiger partial charge is 0.147 e. The molecule has 0 bridgehead atoms. The zero-order chi connectivity index (χ0) is 17.1. The van der Waals surface area contributed by atoms with Gasteiger partial charge in [0, 0.05) is 18.3 Å². The Morgan fingerprint density at radius 3 is 2.42 bits per heavy atom. The number of likely N-dealkylation sites (tertiary alicyclic amines) is 1. The van der Waals surface area contributed by atoms with Gasteiger partial charge in [-0.05, 0) is 83.0 Å². The maximum atomic E-state index is 6.19. The van der Waals surface area contributed by atoms with Crippen molar-refractivity contribution in [3.05, 3.63) is 17.3 Å². The number of rotatable bonds is 4. The van der Waals surface area contributed by atoms with Crippen LogP contribution < -0.4 is 11.5 Å². The number of nitrogens with zero attached hydrogens (tertiary/aromatic N) is 2. The van der Waals surface area contributed by atoms with Gasteiger partial charge in [-0.15, -0.1) is 0 Å². The fraction of sp³-hybridized carbons (Fsp3) is 0.737. The fourth-order valence-electron chi connectivity index (χ4n) is 4.46. The predicted molar refractivity (Wildman–Crippen MR) is 99.0 cm³/mol. The Balaban J connectivity index is 1.55. The molecule has 134 valence electrons. The van der Waals surface area contributed by atoms with Crippen molar-refractivity contribution < 1.29 is 4.74 Å². The molecule has 1 aromatic rings. The number of nitrogens with two attached hydrogens (primary N) is 2. The fourth-order valence-corrected chi connectivity index (χ4v) is 4.46. The van der Waals surface area contributed by atoms with E-state index >= 15 is 0 Å². The summed E-state index contributed by atoms with van der Waals surface area (Å²) in [5.41, 5.74) is 15.0. The summed E-state index contributed by atoms with van der Waals surface area (Å²) in [6.07, 6.45) is 7.80. The van der Waals surface area contributed by atoms with Crippen molar-refractivity contribution in [2.24, 2.45) is 0 Å². The average Bonchev–Trinajstić information content (AvgIpc) is 2.59. The van der Waals surface area contributed by atoms with Crippen molar-refractivity contribution in [2.75, 3.05) is 31.2 Å². The van der Waals surface area contributed by atoms with Crippen LogP contribution in [0.3, 0.4) is 0 Å². The van der Waals surface area contributed by atoms with Crippen molar-refractivity contribution in [3.63, 3.8) is 0 Å². The third-order valence-corrected chi connectivity index (χ3v) is 5.78. The maximum absolute atomic E-state index is 6.19. The Morgan fingerprint density at radius 2 is 1.79 bits per heavy atom. The Bertz CT molecular complexity index is 547. The van der Waals surface area contributed by atoms with E-state index in [0.717, 1.165) is 31.4 Å². The molecule has 5 heteroatoms. The molecular formula is C19H32N4O. The number of pyridine rings is 1. The molecule has 0 atom stereocenters. The van der Waals surface area contributed by atoms with Crippen LogP contribution in [0.5, 0.6) is 0 Å². The zero-order valence-electron chi connectivity index (χ0n) is 15.1. The molecule has 2 aliphatic rings. The summed E-state index contributed by atoms with van der Waals surface area (Å²) in [4.78, 5) is 6.96. The lowest BCUT2D eigenvalue weighted by molar-refractivity contribution is 0.00947. The molecule has 1 saturated carbocycles. The lowest BCUT2D eigenvalue weighted by Gasteiger charge is -2.41. The molecule has 2 heterocycles. The number of anilines is 2. The van der Waals surface area contributed by atoms with E-state index < -0.39 is 0 Å². The van der Waals surface area contributed by atoms with Crippen LogP contribution in [-0.4, -0.2) is 41.7 Å². The molecule has 0 spiro atoms. The lowest BCUT2D eigenvalue weighted by atomic mass is 9.85. The van der Waals surface area contributed by atoms with E-state index in [-0.39, 0.29) is 0 Å². The molecule has 4 N–H and O–H groups in total. The van der Waals surface area contributed by atoms with Gasteiger partial charge < -0.3 is 21.1 Å². The van der Waals surface area contributed by atoms with Crippen molar-refractivity contribution in [1.82, 2.24) is 9.88 Å². The van der Waals surface area contributed by atoms with E-state index in [0.29, 0.717) is 23.5 Å². The van der Waals surface area contributed by atoms with Gasteiger partial charge in [0.1, 0.15) is 5.82 Å². The second-order valence-corrected chi connectivity index (χ2v) is 7.35. The van der Waals surface area contributed by atoms with Crippen molar-refractivity contribution in [3.8, 4) is 0 Å². The van der Waals surface area contributed by atoms with Crippen LogP contribution in [0.4, 0.5) is 11.5 Å². The van der Waals surface area contributed by atoms with Gasteiger partial charge in [0.2, 0.25) is 0 Å². The molecule has 2 fully saturated rings. The van der Waals surface area contributed by atoms with Crippen LogP contribution in [0.2, 0.25) is 0 Å². The Morgan fingerprint density at radius 1 is 1.12 bits per heavy atom. The first-order chi connectivity index (χ1) is 11.6. The minimum Gasteiger partial charge on any atom is -0.396 e. The van der Waals surface area contributed by atoms with Crippen molar-refractivity contribution in [1.29, 1.82) is 0 Å². The number of aromatic nitrogens is 1. The van der Waals surface area contributed by atoms with Gasteiger partial charge in [0.05, 0.1) is 11.8 Å². The first-order valence-electron chi connectivity index (χ1n) is 9.46. The SMILES string of the molecule is CCOC1CCC(N2CCC(c3cc(C)nc(N)c3N)CC2)CC1. The molecular weight excluding hydrogens is 300 g/mol. The Kier molecular flexibility index (Phi) is 5.61. The maximum Gasteiger partial charge on any atom is 0.147 e. The molecule has 0 amide bonds. The van der Waals surface area contributed by atoms with Crippen LogP contribution in [0, 0.1) is 6.92 Å². The second kappa shape index (κ2) is 7.70. The van der Waals surface area contributed by atoms with Crippen LogP contribution in [0.1, 0.15) is 62.6 Å². The van der Waals surface area contributed by atoms with E-state index in [2.05, 4.69) is 22.9 Å². The number of piperidine rings is 1. The normalized spacial score (nSPS) is 26.6.